The smallest absolute Gasteiger partial charge is 0.319 e. The van der Waals surface area contributed by atoms with E-state index in [1.807, 2.05) is 18.0 Å². The van der Waals surface area contributed by atoms with E-state index < -0.39 is 11.6 Å². The number of nitrogens with one attached hydrogen (secondary N) is 1. The highest BCUT2D eigenvalue weighted by Gasteiger charge is 2.52. The molecule has 2 aromatic carbocycles. The number of halogens is 3. The van der Waals surface area contributed by atoms with E-state index in [1.165, 1.54) is 12.1 Å². The standard InChI is InChI=1S/C30H27ClF2N6O3S/c1-39-18-9-36-5-4-13(18)10-40-25-21-24(37-29(38-28(21)39)42-12-30-6-14(7-30)41-11-30)23(33)20(22(25)31)15-2-3-17(32)26-19(15)16(8-34)27(35)43-26/h2-3,13-14,18,36H,4-7,9-12,35H2,1H3. The third-order valence-electron chi connectivity index (χ3n) is 9.46. The van der Waals surface area contributed by atoms with Crippen molar-refractivity contribution in [1.82, 2.24) is 15.3 Å². The topological polar surface area (TPSA) is 119 Å². The van der Waals surface area contributed by atoms with Gasteiger partial charge in [0.05, 0.1) is 46.6 Å². The van der Waals surface area contributed by atoms with Crippen molar-refractivity contribution in [2.24, 2.45) is 11.3 Å². The summed E-state index contributed by atoms with van der Waals surface area (Å²) in [4.78, 5) is 11.4. The Morgan fingerprint density at radius 3 is 2.91 bits per heavy atom. The van der Waals surface area contributed by atoms with Gasteiger partial charge < -0.3 is 30.2 Å². The third-order valence-corrected chi connectivity index (χ3v) is 10.8. The van der Waals surface area contributed by atoms with E-state index in [1.54, 1.807) is 0 Å². The molecule has 43 heavy (non-hydrogen) atoms. The second kappa shape index (κ2) is 9.75. The van der Waals surface area contributed by atoms with Gasteiger partial charge in [-0.25, -0.2) is 8.78 Å². The first-order valence-corrected chi connectivity index (χ1v) is 15.4. The molecule has 0 amide bonds. The maximum atomic E-state index is 17.0. The average Bonchev–Trinajstić information content (AvgIpc) is 3.69. The zero-order valence-electron chi connectivity index (χ0n) is 23.2. The summed E-state index contributed by atoms with van der Waals surface area (Å²) in [5.74, 6) is -0.469. The van der Waals surface area contributed by atoms with Crippen LogP contribution < -0.4 is 25.4 Å². The number of fused-ring (bicyclic) bond motifs is 3. The number of hydrogen-bond donors (Lipinski definition) is 2. The molecule has 4 aromatic rings. The van der Waals surface area contributed by atoms with Crippen LogP contribution in [0.1, 0.15) is 24.8 Å². The normalized spacial score (nSPS) is 25.9. The van der Waals surface area contributed by atoms with Crippen LogP contribution in [0.5, 0.6) is 11.8 Å². The molecule has 222 valence electrons. The molecular formula is C30H27ClF2N6O3S. The molecule has 9 rings (SSSR count). The molecule has 4 fully saturated rings. The molecule has 2 aromatic heterocycles. The van der Waals surface area contributed by atoms with Crippen molar-refractivity contribution in [1.29, 1.82) is 5.26 Å². The van der Waals surface area contributed by atoms with E-state index in [0.29, 0.717) is 37.6 Å². The summed E-state index contributed by atoms with van der Waals surface area (Å²) in [7, 11) is 1.93. The number of ether oxygens (including phenoxy) is 3. The molecule has 9 nitrogen and oxygen atoms in total. The molecule has 2 atom stereocenters. The third kappa shape index (κ3) is 3.98. The monoisotopic (exact) mass is 624 g/mol. The summed E-state index contributed by atoms with van der Waals surface area (Å²) < 4.78 is 50.3. The van der Waals surface area contributed by atoms with Crippen LogP contribution >= 0.6 is 22.9 Å². The molecule has 2 bridgehead atoms. The molecule has 0 spiro atoms. The number of hydrogen-bond acceptors (Lipinski definition) is 10. The molecule has 5 aliphatic rings. The molecule has 2 unspecified atom stereocenters. The maximum Gasteiger partial charge on any atom is 0.319 e. The van der Waals surface area contributed by atoms with Crippen LogP contribution in [0.3, 0.4) is 0 Å². The summed E-state index contributed by atoms with van der Waals surface area (Å²) in [6, 6.07) is 4.76. The molecule has 1 aliphatic carbocycles. The number of benzene rings is 2. The fraction of sp³-hybridized carbons (Fsp3) is 0.433. The van der Waals surface area contributed by atoms with E-state index in [-0.39, 0.29) is 77.6 Å². The van der Waals surface area contributed by atoms with Gasteiger partial charge in [-0.15, -0.1) is 11.3 Å². The average molecular weight is 625 g/mol. The van der Waals surface area contributed by atoms with Gasteiger partial charge in [-0.3, -0.25) is 0 Å². The minimum absolute atomic E-state index is 0.00613. The Morgan fingerprint density at radius 1 is 1.30 bits per heavy atom. The van der Waals surface area contributed by atoms with Crippen molar-refractivity contribution in [2.45, 2.75) is 31.4 Å². The van der Waals surface area contributed by atoms with Crippen LogP contribution in [-0.4, -0.2) is 62.1 Å². The van der Waals surface area contributed by atoms with E-state index in [0.717, 1.165) is 37.1 Å². The number of piperidine rings is 1. The van der Waals surface area contributed by atoms with Crippen LogP contribution in [0, 0.1) is 34.3 Å². The first-order valence-electron chi connectivity index (χ1n) is 14.2. The second-order valence-corrected chi connectivity index (χ2v) is 13.4. The lowest BCUT2D eigenvalue weighted by Gasteiger charge is -2.41. The molecule has 1 saturated carbocycles. The van der Waals surface area contributed by atoms with Gasteiger partial charge >= 0.3 is 6.01 Å². The van der Waals surface area contributed by atoms with Gasteiger partial charge in [-0.1, -0.05) is 17.7 Å². The molecule has 6 heterocycles. The number of nitrogens with zero attached hydrogens (tertiary/aromatic N) is 4. The van der Waals surface area contributed by atoms with Crippen molar-refractivity contribution in [3.05, 3.63) is 34.4 Å². The van der Waals surface area contributed by atoms with Gasteiger partial charge in [0.15, 0.2) is 11.6 Å². The number of nitrogen functional groups attached to an aromatic ring is 1. The van der Waals surface area contributed by atoms with Gasteiger partial charge in [0, 0.05) is 41.9 Å². The maximum absolute atomic E-state index is 17.0. The summed E-state index contributed by atoms with van der Waals surface area (Å²) in [5.41, 5.74) is 6.22. The molecule has 3 N–H and O–H groups in total. The van der Waals surface area contributed by atoms with Gasteiger partial charge in [-0.05, 0) is 37.4 Å². The Bertz CT molecular complexity index is 1870. The fourth-order valence-corrected chi connectivity index (χ4v) is 8.42. The Hall–Kier alpha value is -3.50. The Kier molecular flexibility index (Phi) is 6.14. The minimum Gasteiger partial charge on any atom is -0.491 e. The van der Waals surface area contributed by atoms with Crippen molar-refractivity contribution >= 4 is 54.7 Å². The number of anilines is 2. The second-order valence-electron chi connectivity index (χ2n) is 12.0. The Balaban J connectivity index is 1.38. The van der Waals surface area contributed by atoms with Crippen LogP contribution in [-0.2, 0) is 4.74 Å². The molecule has 4 aliphatic heterocycles. The molecule has 3 saturated heterocycles. The molecule has 13 heteroatoms. The van der Waals surface area contributed by atoms with Gasteiger partial charge in [-0.2, -0.15) is 15.2 Å². The van der Waals surface area contributed by atoms with Crippen molar-refractivity contribution in [3.8, 4) is 29.0 Å². The summed E-state index contributed by atoms with van der Waals surface area (Å²) in [6.45, 7) is 2.88. The van der Waals surface area contributed by atoms with Crippen molar-refractivity contribution in [3.63, 3.8) is 0 Å². The van der Waals surface area contributed by atoms with E-state index in [4.69, 9.17) is 36.5 Å². The van der Waals surface area contributed by atoms with Gasteiger partial charge in [0.1, 0.15) is 28.2 Å². The fourth-order valence-electron chi connectivity index (χ4n) is 7.14. The molecule has 0 radical (unpaired) electrons. The number of aromatic nitrogens is 2. The van der Waals surface area contributed by atoms with Crippen LogP contribution in [0.15, 0.2) is 12.1 Å². The zero-order chi connectivity index (χ0) is 29.6. The highest BCUT2D eigenvalue weighted by molar-refractivity contribution is 7.23. The number of nitrogens with two attached hydrogens (primary N) is 1. The SMILES string of the molecule is CN1c2nc(OCC34COC(C3)C4)nc3c(F)c(-c4ccc(F)c5sc(N)c(C#N)c45)c(Cl)c(c23)OCC2CCNCC21. The lowest BCUT2D eigenvalue weighted by molar-refractivity contribution is 0.0785. The summed E-state index contributed by atoms with van der Waals surface area (Å²) in [5, 5.41) is 14.0. The highest BCUT2D eigenvalue weighted by Crippen LogP contribution is 2.52. The number of thiophene rings is 1. The predicted octanol–water partition coefficient (Wildman–Crippen LogP) is 5.26. The quantitative estimate of drug-likeness (QED) is 0.313. The number of rotatable bonds is 4. The zero-order valence-corrected chi connectivity index (χ0v) is 24.7. The van der Waals surface area contributed by atoms with Crippen LogP contribution in [0.25, 0.3) is 32.1 Å². The Labute approximate surface area is 254 Å². The van der Waals surface area contributed by atoms with Gasteiger partial charge in [0.25, 0.3) is 0 Å². The molecular weight excluding hydrogens is 598 g/mol. The van der Waals surface area contributed by atoms with E-state index >= 15 is 4.39 Å². The van der Waals surface area contributed by atoms with E-state index in [2.05, 4.69) is 10.3 Å². The predicted molar refractivity (Wildman–Crippen MR) is 160 cm³/mol. The van der Waals surface area contributed by atoms with Crippen LogP contribution in [0.4, 0.5) is 19.6 Å². The summed E-state index contributed by atoms with van der Waals surface area (Å²) >= 11 is 7.97. The van der Waals surface area contributed by atoms with Crippen molar-refractivity contribution < 1.29 is 23.0 Å². The highest BCUT2D eigenvalue weighted by atomic mass is 35.5. The number of nitriles is 1. The Morgan fingerprint density at radius 2 is 2.14 bits per heavy atom. The largest absolute Gasteiger partial charge is 0.491 e. The first kappa shape index (κ1) is 27.1. The number of likely N-dealkylation sites (N-methyl/N-ethyl adjacent to an activating group) is 1. The minimum atomic E-state index is -0.749. The van der Waals surface area contributed by atoms with Crippen molar-refractivity contribution in [2.75, 3.05) is 50.6 Å². The van der Waals surface area contributed by atoms with E-state index in [9.17, 15) is 9.65 Å². The lowest BCUT2D eigenvalue weighted by atomic mass is 9.71. The lowest BCUT2D eigenvalue weighted by Crippen LogP contribution is -2.52. The first-order chi connectivity index (χ1) is 20.8. The van der Waals surface area contributed by atoms with Crippen LogP contribution in [0.2, 0.25) is 5.02 Å². The van der Waals surface area contributed by atoms with Gasteiger partial charge in [0.2, 0.25) is 0 Å². The summed E-state index contributed by atoms with van der Waals surface area (Å²) in [6.07, 6.45) is 2.98.